The molecular weight excluding hydrogens is 328 g/mol. The third-order valence-corrected chi connectivity index (χ3v) is 4.36. The number of anilines is 1. The Kier molecular flexibility index (Phi) is 4.01. The maximum absolute atomic E-state index is 12.5. The third-order valence-electron chi connectivity index (χ3n) is 4.36. The number of fused-ring (bicyclic) bond motifs is 1. The number of rotatable bonds is 4. The topological polar surface area (TPSA) is 83.8 Å². The van der Waals surface area contributed by atoms with E-state index >= 15 is 0 Å². The maximum atomic E-state index is 12.5. The van der Waals surface area contributed by atoms with Gasteiger partial charge in [0.25, 0.3) is 5.91 Å². The minimum atomic E-state index is -0.288. The van der Waals surface area contributed by atoms with Crippen molar-refractivity contribution in [2.24, 2.45) is 0 Å². The number of H-pyrrole nitrogens is 1. The van der Waals surface area contributed by atoms with Crippen molar-refractivity contribution in [1.29, 1.82) is 0 Å². The first-order valence-electron chi connectivity index (χ1n) is 8.36. The lowest BCUT2D eigenvalue weighted by Gasteiger charge is -2.03. The van der Waals surface area contributed by atoms with Crippen LogP contribution in [0.25, 0.3) is 10.9 Å². The van der Waals surface area contributed by atoms with Gasteiger partial charge in [0.15, 0.2) is 0 Å². The van der Waals surface area contributed by atoms with E-state index in [1.165, 1.54) is 11.1 Å². The fraction of sp³-hybridized carbons (Fsp3) is 0.150. The number of hydrogen-bond donors (Lipinski definition) is 2. The first kappa shape index (κ1) is 16.1. The Labute approximate surface area is 150 Å². The van der Waals surface area contributed by atoms with E-state index in [-0.39, 0.29) is 11.9 Å². The molecule has 4 rings (SSSR count). The van der Waals surface area contributed by atoms with Crippen molar-refractivity contribution in [2.75, 3.05) is 5.32 Å². The van der Waals surface area contributed by atoms with E-state index < -0.39 is 0 Å². The monoisotopic (exact) mass is 346 g/mol. The van der Waals surface area contributed by atoms with Crippen LogP contribution in [-0.4, -0.2) is 21.1 Å². The van der Waals surface area contributed by atoms with Crippen molar-refractivity contribution in [3.8, 4) is 0 Å². The second-order valence-electron chi connectivity index (χ2n) is 6.31. The van der Waals surface area contributed by atoms with Gasteiger partial charge in [-0.15, -0.1) is 5.10 Å². The normalized spacial score (nSPS) is 11.0. The first-order valence-corrected chi connectivity index (χ1v) is 8.36. The van der Waals surface area contributed by atoms with Gasteiger partial charge >= 0.3 is 6.01 Å². The lowest BCUT2D eigenvalue weighted by molar-refractivity contribution is 0.102. The molecule has 6 heteroatoms. The second-order valence-corrected chi connectivity index (χ2v) is 6.31. The van der Waals surface area contributed by atoms with E-state index in [1.807, 2.05) is 24.3 Å². The minimum Gasteiger partial charge on any atom is -0.407 e. The summed E-state index contributed by atoms with van der Waals surface area (Å²) in [5.41, 5.74) is 4.94. The molecule has 130 valence electrons. The lowest BCUT2D eigenvalue weighted by Crippen LogP contribution is -2.11. The van der Waals surface area contributed by atoms with E-state index in [0.717, 1.165) is 16.5 Å². The molecule has 0 aliphatic heterocycles. The highest BCUT2D eigenvalue weighted by Crippen LogP contribution is 2.20. The smallest absolute Gasteiger partial charge is 0.322 e. The zero-order valence-corrected chi connectivity index (χ0v) is 14.5. The fourth-order valence-electron chi connectivity index (χ4n) is 3.01. The number of amides is 1. The molecule has 4 aromatic rings. The Morgan fingerprint density at radius 3 is 2.85 bits per heavy atom. The number of benzene rings is 2. The van der Waals surface area contributed by atoms with E-state index in [9.17, 15) is 4.79 Å². The largest absolute Gasteiger partial charge is 0.407 e. The maximum Gasteiger partial charge on any atom is 0.322 e. The predicted molar refractivity (Wildman–Crippen MR) is 99.3 cm³/mol. The van der Waals surface area contributed by atoms with Gasteiger partial charge in [-0.25, -0.2) is 0 Å². The van der Waals surface area contributed by atoms with Crippen LogP contribution in [0.3, 0.4) is 0 Å². The van der Waals surface area contributed by atoms with E-state index in [4.69, 9.17) is 4.42 Å². The number of aromatic nitrogens is 3. The van der Waals surface area contributed by atoms with Crippen LogP contribution in [0.2, 0.25) is 0 Å². The van der Waals surface area contributed by atoms with Crippen molar-refractivity contribution in [3.05, 3.63) is 76.8 Å². The van der Waals surface area contributed by atoms with Gasteiger partial charge in [-0.3, -0.25) is 10.1 Å². The third kappa shape index (κ3) is 3.09. The van der Waals surface area contributed by atoms with Crippen LogP contribution in [0.1, 0.15) is 32.9 Å². The van der Waals surface area contributed by atoms with Gasteiger partial charge in [0.1, 0.15) is 0 Å². The van der Waals surface area contributed by atoms with Crippen LogP contribution in [0.5, 0.6) is 0 Å². The molecule has 2 N–H and O–H groups in total. The molecule has 2 aromatic carbocycles. The molecule has 2 heterocycles. The van der Waals surface area contributed by atoms with Crippen LogP contribution >= 0.6 is 0 Å². The number of hydrogen-bond acceptors (Lipinski definition) is 4. The number of aromatic amines is 1. The first-order chi connectivity index (χ1) is 12.6. The summed E-state index contributed by atoms with van der Waals surface area (Å²) in [7, 11) is 0. The summed E-state index contributed by atoms with van der Waals surface area (Å²) in [6.45, 7) is 4.11. The number of nitrogens with one attached hydrogen (secondary N) is 2. The van der Waals surface area contributed by atoms with E-state index in [2.05, 4.69) is 52.5 Å². The molecule has 0 spiro atoms. The van der Waals surface area contributed by atoms with Gasteiger partial charge in [0.2, 0.25) is 5.89 Å². The fourth-order valence-corrected chi connectivity index (χ4v) is 3.01. The van der Waals surface area contributed by atoms with Crippen molar-refractivity contribution >= 4 is 22.8 Å². The Balaban J connectivity index is 1.50. The van der Waals surface area contributed by atoms with Gasteiger partial charge in [-0.1, -0.05) is 47.1 Å². The molecule has 0 aliphatic carbocycles. The molecule has 0 saturated heterocycles. The minimum absolute atomic E-state index is 0.0973. The van der Waals surface area contributed by atoms with Crippen LogP contribution in [0, 0.1) is 13.8 Å². The Bertz CT molecular complexity index is 1090. The molecule has 6 nitrogen and oxygen atoms in total. The Morgan fingerprint density at radius 2 is 2.00 bits per heavy atom. The van der Waals surface area contributed by atoms with Crippen LogP contribution in [-0.2, 0) is 6.42 Å². The Hall–Kier alpha value is -3.41. The summed E-state index contributed by atoms with van der Waals surface area (Å²) >= 11 is 0. The zero-order chi connectivity index (χ0) is 18.1. The standard InChI is InChI=1S/C20H18N4O2/c1-12-7-8-14(13(2)9-12)10-18-23-24-20(26-18)22-19(25)16-11-21-17-6-4-3-5-15(16)17/h3-9,11,21H,10H2,1-2H3,(H,22,24,25). The highest BCUT2D eigenvalue weighted by molar-refractivity contribution is 6.12. The summed E-state index contributed by atoms with van der Waals surface area (Å²) in [6, 6.07) is 13.9. The van der Waals surface area contributed by atoms with Crippen molar-refractivity contribution < 1.29 is 9.21 Å². The second kappa shape index (κ2) is 6.48. The van der Waals surface area contributed by atoms with Crippen molar-refractivity contribution in [3.63, 3.8) is 0 Å². The van der Waals surface area contributed by atoms with E-state index in [0.29, 0.717) is 17.9 Å². The summed E-state index contributed by atoms with van der Waals surface area (Å²) in [5, 5.41) is 11.5. The van der Waals surface area contributed by atoms with Gasteiger partial charge in [-0.05, 0) is 31.0 Å². The number of carbonyl (C=O) groups excluding carboxylic acids is 1. The van der Waals surface area contributed by atoms with Crippen LogP contribution < -0.4 is 5.32 Å². The highest BCUT2D eigenvalue weighted by atomic mass is 16.4. The van der Waals surface area contributed by atoms with Gasteiger partial charge in [-0.2, -0.15) is 0 Å². The van der Waals surface area contributed by atoms with Crippen molar-refractivity contribution in [2.45, 2.75) is 20.3 Å². The predicted octanol–water partition coefficient (Wildman–Crippen LogP) is 4.01. The van der Waals surface area contributed by atoms with Gasteiger partial charge in [0.05, 0.1) is 12.0 Å². The SMILES string of the molecule is Cc1ccc(Cc2nnc(NC(=O)c3c[nH]c4ccccc34)o2)c(C)c1. The van der Waals surface area contributed by atoms with Crippen LogP contribution in [0.15, 0.2) is 53.1 Å². The number of carbonyl (C=O) groups is 1. The molecule has 0 radical (unpaired) electrons. The number of aryl methyl sites for hydroxylation is 2. The zero-order valence-electron chi connectivity index (χ0n) is 14.5. The number of nitrogens with zero attached hydrogens (tertiary/aromatic N) is 2. The van der Waals surface area contributed by atoms with Crippen LogP contribution in [0.4, 0.5) is 6.01 Å². The average Bonchev–Trinajstić information content (AvgIpc) is 3.24. The molecule has 26 heavy (non-hydrogen) atoms. The van der Waals surface area contributed by atoms with Gasteiger partial charge < -0.3 is 9.40 Å². The van der Waals surface area contributed by atoms with Crippen molar-refractivity contribution in [1.82, 2.24) is 15.2 Å². The quantitative estimate of drug-likeness (QED) is 0.585. The summed E-state index contributed by atoms with van der Waals surface area (Å²) in [6.07, 6.45) is 2.20. The molecular formula is C20H18N4O2. The summed E-state index contributed by atoms with van der Waals surface area (Å²) < 4.78 is 5.59. The lowest BCUT2D eigenvalue weighted by atomic mass is 10.0. The molecule has 1 amide bonds. The summed E-state index contributed by atoms with van der Waals surface area (Å²) in [5.74, 6) is 0.176. The Morgan fingerprint density at radius 1 is 1.15 bits per heavy atom. The highest BCUT2D eigenvalue weighted by Gasteiger charge is 2.15. The number of para-hydroxylation sites is 1. The molecule has 2 aromatic heterocycles. The molecule has 0 unspecified atom stereocenters. The molecule has 0 aliphatic rings. The summed E-state index contributed by atoms with van der Waals surface area (Å²) in [4.78, 5) is 15.6. The van der Waals surface area contributed by atoms with Gasteiger partial charge in [0, 0.05) is 17.1 Å². The molecule has 0 bridgehead atoms. The molecule has 0 fully saturated rings. The molecule has 0 saturated carbocycles. The average molecular weight is 346 g/mol. The molecule has 0 atom stereocenters. The van der Waals surface area contributed by atoms with E-state index in [1.54, 1.807) is 6.20 Å².